The molecule has 1 amide bonds. The Morgan fingerprint density at radius 1 is 1.12 bits per heavy atom. The van der Waals surface area contributed by atoms with Crippen molar-refractivity contribution < 1.29 is 14.0 Å². The zero-order valence-electron chi connectivity index (χ0n) is 14.4. The van der Waals surface area contributed by atoms with Gasteiger partial charge in [0.2, 0.25) is 0 Å². The third-order valence-electron chi connectivity index (χ3n) is 4.02. The molecule has 3 rings (SSSR count). The van der Waals surface area contributed by atoms with Crippen LogP contribution in [-0.4, -0.2) is 18.7 Å². The first kappa shape index (κ1) is 17.6. The van der Waals surface area contributed by atoms with E-state index in [-0.39, 0.29) is 18.6 Å². The zero-order valence-corrected chi connectivity index (χ0v) is 14.4. The summed E-state index contributed by atoms with van der Waals surface area (Å²) in [6.07, 6.45) is 1.25. The van der Waals surface area contributed by atoms with Crippen LogP contribution in [0.15, 0.2) is 71.9 Å². The van der Waals surface area contributed by atoms with Gasteiger partial charge in [-0.2, -0.15) is 0 Å². The summed E-state index contributed by atoms with van der Waals surface area (Å²) in [7, 11) is 0. The van der Waals surface area contributed by atoms with E-state index in [0.717, 1.165) is 16.3 Å². The Hall–Kier alpha value is -3.21. The summed E-state index contributed by atoms with van der Waals surface area (Å²) in [5.74, 6) is -0.689. The van der Waals surface area contributed by atoms with Crippen molar-refractivity contribution in [3.05, 3.63) is 83.7 Å². The topological polar surface area (TPSA) is 50.7 Å². The van der Waals surface area contributed by atoms with Gasteiger partial charge in [0.05, 0.1) is 12.3 Å². The molecule has 5 heteroatoms. The summed E-state index contributed by atoms with van der Waals surface area (Å²) >= 11 is 0. The number of carbonyl (C=O) groups excluding carboxylic acids is 1. The Bertz CT molecular complexity index is 940. The van der Waals surface area contributed by atoms with E-state index >= 15 is 0 Å². The van der Waals surface area contributed by atoms with Gasteiger partial charge >= 0.3 is 0 Å². The molecule has 3 aromatic carbocycles. The van der Waals surface area contributed by atoms with Crippen LogP contribution in [0.3, 0.4) is 0 Å². The number of amides is 1. The normalized spacial score (nSPS) is 12.2. The van der Waals surface area contributed by atoms with E-state index in [1.54, 1.807) is 18.2 Å². The quantitative estimate of drug-likeness (QED) is 0.535. The van der Waals surface area contributed by atoms with Gasteiger partial charge < -0.3 is 10.2 Å². The second-order valence-electron chi connectivity index (χ2n) is 5.93. The smallest absolute Gasteiger partial charge is 0.261 e. The largest absolute Gasteiger partial charge is 0.386 e. The molecule has 3 aromatic rings. The molecule has 0 spiro atoms. The SMILES string of the molecule is C[C@H](NC(=O)CO/N=C\c1ccccc1F)c1ccc2ccccc2c1. The second kappa shape index (κ2) is 8.25. The molecule has 0 unspecified atom stereocenters. The number of benzene rings is 3. The first-order valence-corrected chi connectivity index (χ1v) is 8.31. The van der Waals surface area contributed by atoms with Gasteiger partial charge in [0, 0.05) is 5.56 Å². The monoisotopic (exact) mass is 350 g/mol. The lowest BCUT2D eigenvalue weighted by Crippen LogP contribution is -2.29. The number of nitrogens with zero attached hydrogens (tertiary/aromatic N) is 1. The fourth-order valence-electron chi connectivity index (χ4n) is 2.61. The lowest BCUT2D eigenvalue weighted by atomic mass is 10.0. The molecule has 0 aliphatic heterocycles. The highest BCUT2D eigenvalue weighted by Gasteiger charge is 2.10. The van der Waals surface area contributed by atoms with Crippen molar-refractivity contribution in [1.82, 2.24) is 5.32 Å². The molecule has 0 aromatic heterocycles. The average molecular weight is 350 g/mol. The molecule has 0 heterocycles. The maximum atomic E-state index is 13.4. The number of carbonyl (C=O) groups is 1. The molecular formula is C21H19FN2O2. The van der Waals surface area contributed by atoms with E-state index < -0.39 is 5.82 Å². The van der Waals surface area contributed by atoms with Gasteiger partial charge in [-0.25, -0.2) is 4.39 Å². The van der Waals surface area contributed by atoms with Crippen molar-refractivity contribution in [2.75, 3.05) is 6.61 Å². The van der Waals surface area contributed by atoms with Crippen molar-refractivity contribution in [3.8, 4) is 0 Å². The fraction of sp³-hybridized carbons (Fsp3) is 0.143. The van der Waals surface area contributed by atoms with Crippen LogP contribution in [0, 0.1) is 5.82 Å². The lowest BCUT2D eigenvalue weighted by Gasteiger charge is -2.14. The number of oxime groups is 1. The highest BCUT2D eigenvalue weighted by Crippen LogP contribution is 2.20. The van der Waals surface area contributed by atoms with E-state index in [1.165, 1.54) is 12.3 Å². The molecule has 0 saturated carbocycles. The number of hydrogen-bond acceptors (Lipinski definition) is 3. The van der Waals surface area contributed by atoms with Gasteiger partial charge in [0.15, 0.2) is 6.61 Å². The molecule has 0 saturated heterocycles. The minimum Gasteiger partial charge on any atom is -0.386 e. The van der Waals surface area contributed by atoms with Crippen LogP contribution in [0.25, 0.3) is 10.8 Å². The van der Waals surface area contributed by atoms with Crippen LogP contribution in [0.4, 0.5) is 4.39 Å². The molecule has 0 fully saturated rings. The predicted octanol–water partition coefficient (Wildman–Crippen LogP) is 4.21. The molecule has 26 heavy (non-hydrogen) atoms. The van der Waals surface area contributed by atoms with E-state index in [9.17, 15) is 9.18 Å². The van der Waals surface area contributed by atoms with Gasteiger partial charge in [-0.1, -0.05) is 59.8 Å². The summed E-state index contributed by atoms with van der Waals surface area (Å²) in [6, 6.07) is 20.2. The van der Waals surface area contributed by atoms with Gasteiger partial charge in [-0.05, 0) is 35.4 Å². The van der Waals surface area contributed by atoms with E-state index in [1.807, 2.05) is 43.3 Å². The van der Waals surface area contributed by atoms with Crippen molar-refractivity contribution >= 4 is 22.9 Å². The fourth-order valence-corrected chi connectivity index (χ4v) is 2.61. The number of hydrogen-bond donors (Lipinski definition) is 1. The van der Waals surface area contributed by atoms with Crippen molar-refractivity contribution in [2.45, 2.75) is 13.0 Å². The van der Waals surface area contributed by atoms with Crippen LogP contribution < -0.4 is 5.32 Å². The number of nitrogens with one attached hydrogen (secondary N) is 1. The van der Waals surface area contributed by atoms with E-state index in [4.69, 9.17) is 4.84 Å². The van der Waals surface area contributed by atoms with Gasteiger partial charge in [-0.3, -0.25) is 4.79 Å². The molecule has 0 radical (unpaired) electrons. The lowest BCUT2D eigenvalue weighted by molar-refractivity contribution is -0.126. The van der Waals surface area contributed by atoms with Crippen molar-refractivity contribution in [1.29, 1.82) is 0 Å². The second-order valence-corrected chi connectivity index (χ2v) is 5.93. The summed E-state index contributed by atoms with van der Waals surface area (Å²) in [6.45, 7) is 1.67. The third-order valence-corrected chi connectivity index (χ3v) is 4.02. The maximum absolute atomic E-state index is 13.4. The van der Waals surface area contributed by atoms with Gasteiger partial charge in [0.25, 0.3) is 5.91 Å². The van der Waals surface area contributed by atoms with Crippen LogP contribution in [0.2, 0.25) is 0 Å². The van der Waals surface area contributed by atoms with Crippen molar-refractivity contribution in [2.24, 2.45) is 5.16 Å². The minimum absolute atomic E-state index is 0.161. The molecule has 132 valence electrons. The maximum Gasteiger partial charge on any atom is 0.261 e. The Balaban J connectivity index is 1.53. The molecule has 4 nitrogen and oxygen atoms in total. The first-order chi connectivity index (χ1) is 12.6. The van der Waals surface area contributed by atoms with Crippen LogP contribution >= 0.6 is 0 Å². The summed E-state index contributed by atoms with van der Waals surface area (Å²) in [4.78, 5) is 16.9. The van der Waals surface area contributed by atoms with Gasteiger partial charge in [-0.15, -0.1) is 0 Å². The van der Waals surface area contributed by atoms with Crippen molar-refractivity contribution in [3.63, 3.8) is 0 Å². The Morgan fingerprint density at radius 2 is 1.85 bits per heavy atom. The summed E-state index contributed by atoms with van der Waals surface area (Å²) in [5, 5.41) is 8.77. The van der Waals surface area contributed by atoms with Crippen LogP contribution in [0.5, 0.6) is 0 Å². The minimum atomic E-state index is -0.394. The van der Waals surface area contributed by atoms with E-state index in [2.05, 4.69) is 16.5 Å². The highest BCUT2D eigenvalue weighted by molar-refractivity contribution is 5.83. The highest BCUT2D eigenvalue weighted by atomic mass is 19.1. The summed E-state index contributed by atoms with van der Waals surface area (Å²) in [5.41, 5.74) is 1.31. The standard InChI is InChI=1S/C21H19FN2O2/c1-15(17-11-10-16-6-2-3-7-18(16)12-17)24-21(25)14-26-23-13-19-8-4-5-9-20(19)22/h2-13,15H,14H2,1H3,(H,24,25)/b23-13-/t15-/m0/s1. The Morgan fingerprint density at radius 3 is 2.65 bits per heavy atom. The number of fused-ring (bicyclic) bond motifs is 1. The molecule has 0 aliphatic rings. The number of rotatable bonds is 6. The first-order valence-electron chi connectivity index (χ1n) is 8.31. The molecule has 1 N–H and O–H groups in total. The molecule has 1 atom stereocenters. The zero-order chi connectivity index (χ0) is 18.4. The third kappa shape index (κ3) is 4.45. The molecule has 0 aliphatic carbocycles. The Kier molecular flexibility index (Phi) is 5.59. The van der Waals surface area contributed by atoms with Gasteiger partial charge in [0.1, 0.15) is 5.82 Å². The van der Waals surface area contributed by atoms with Crippen LogP contribution in [-0.2, 0) is 9.63 Å². The summed E-state index contributed by atoms with van der Waals surface area (Å²) < 4.78 is 13.4. The number of halogens is 1. The Labute approximate surface area is 151 Å². The average Bonchev–Trinajstić information content (AvgIpc) is 2.66. The van der Waals surface area contributed by atoms with E-state index in [0.29, 0.717) is 5.56 Å². The molecular weight excluding hydrogens is 331 g/mol. The van der Waals surface area contributed by atoms with Crippen LogP contribution in [0.1, 0.15) is 24.1 Å². The molecule has 0 bridgehead atoms. The predicted molar refractivity (Wildman–Crippen MR) is 100 cm³/mol.